The number of aromatic nitrogens is 2. The van der Waals surface area contributed by atoms with Crippen LogP contribution in [0.3, 0.4) is 0 Å². The van der Waals surface area contributed by atoms with Gasteiger partial charge in [0.1, 0.15) is 5.82 Å². The zero-order valence-corrected chi connectivity index (χ0v) is 10.4. The van der Waals surface area contributed by atoms with Gasteiger partial charge >= 0.3 is 0 Å². The van der Waals surface area contributed by atoms with Crippen molar-refractivity contribution in [1.29, 1.82) is 0 Å². The van der Waals surface area contributed by atoms with E-state index >= 15 is 0 Å². The van der Waals surface area contributed by atoms with Gasteiger partial charge in [0.25, 0.3) is 10.0 Å². The van der Waals surface area contributed by atoms with Crippen LogP contribution in [0.2, 0.25) is 0 Å². The predicted molar refractivity (Wildman–Crippen MR) is 61.2 cm³/mol. The molecule has 16 heavy (non-hydrogen) atoms. The molecular weight excluding hydrogens is 226 g/mol. The van der Waals surface area contributed by atoms with E-state index in [2.05, 4.69) is 15.6 Å². The number of aryl methyl sites for hydroxylation is 2. The summed E-state index contributed by atoms with van der Waals surface area (Å²) in [6.45, 7) is 3.55. The fourth-order valence-corrected chi connectivity index (χ4v) is 2.42. The third-order valence-electron chi connectivity index (χ3n) is 2.27. The minimum absolute atomic E-state index is 0.00111. The van der Waals surface area contributed by atoms with Crippen LogP contribution in [-0.2, 0) is 17.1 Å². The fraction of sp³-hybridized carbons (Fsp3) is 0.500. The summed E-state index contributed by atoms with van der Waals surface area (Å²) in [4.78, 5) is 3.95. The van der Waals surface area contributed by atoms with Crippen molar-refractivity contribution in [2.45, 2.75) is 31.3 Å². The van der Waals surface area contributed by atoms with Crippen LogP contribution >= 0.6 is 0 Å². The third kappa shape index (κ3) is 2.62. The Labute approximate surface area is 95.9 Å². The van der Waals surface area contributed by atoms with Crippen molar-refractivity contribution in [2.75, 3.05) is 0 Å². The standard InChI is InChI=1S/C10H15N3O2S/c1-5-9(6-2)12-16(14,15)10-7-13(4)8(3)11-10/h1,7,9,12H,6H2,2-4H3. The lowest BCUT2D eigenvalue weighted by molar-refractivity contribution is 0.567. The SMILES string of the molecule is C#CC(CC)NS(=O)(=O)c1cn(C)c(C)n1. The average Bonchev–Trinajstić information content (AvgIpc) is 2.56. The van der Waals surface area contributed by atoms with Crippen LogP contribution in [-0.4, -0.2) is 24.0 Å². The maximum absolute atomic E-state index is 11.8. The Kier molecular flexibility index (Phi) is 3.73. The third-order valence-corrected chi connectivity index (χ3v) is 3.61. The van der Waals surface area contributed by atoms with Crippen LogP contribution in [0, 0.1) is 19.3 Å². The van der Waals surface area contributed by atoms with Crippen LogP contribution in [0.25, 0.3) is 0 Å². The van der Waals surface area contributed by atoms with Gasteiger partial charge in [-0.15, -0.1) is 6.42 Å². The molecule has 1 aromatic rings. The highest BCUT2D eigenvalue weighted by Gasteiger charge is 2.20. The summed E-state index contributed by atoms with van der Waals surface area (Å²) in [6.07, 6.45) is 7.20. The first-order valence-corrected chi connectivity index (χ1v) is 6.37. The van der Waals surface area contributed by atoms with Gasteiger partial charge in [-0.2, -0.15) is 4.72 Å². The number of nitrogens with zero attached hydrogens (tertiary/aromatic N) is 2. The zero-order chi connectivity index (χ0) is 12.3. The minimum Gasteiger partial charge on any atom is -0.337 e. The van der Waals surface area contributed by atoms with Crippen LogP contribution in [0.4, 0.5) is 0 Å². The molecule has 0 radical (unpaired) electrons. The molecule has 1 aromatic heterocycles. The lowest BCUT2D eigenvalue weighted by atomic mass is 10.3. The second kappa shape index (κ2) is 4.68. The molecule has 0 spiro atoms. The molecule has 6 heteroatoms. The second-order valence-electron chi connectivity index (χ2n) is 3.49. The van der Waals surface area contributed by atoms with Crippen LogP contribution in [0.5, 0.6) is 0 Å². The Morgan fingerprint density at radius 2 is 2.31 bits per heavy atom. The monoisotopic (exact) mass is 241 g/mol. The van der Waals surface area contributed by atoms with E-state index in [4.69, 9.17) is 6.42 Å². The molecule has 0 aliphatic rings. The Hall–Kier alpha value is -1.32. The van der Waals surface area contributed by atoms with Gasteiger partial charge in [-0.3, -0.25) is 0 Å². The van der Waals surface area contributed by atoms with Crippen LogP contribution in [0.15, 0.2) is 11.2 Å². The molecule has 0 saturated heterocycles. The molecule has 1 heterocycles. The maximum Gasteiger partial charge on any atom is 0.260 e. The normalized spacial score (nSPS) is 13.4. The number of hydrogen-bond acceptors (Lipinski definition) is 3. The Morgan fingerprint density at radius 1 is 1.69 bits per heavy atom. The van der Waals surface area contributed by atoms with E-state index in [-0.39, 0.29) is 5.03 Å². The Balaban J connectivity index is 2.99. The molecule has 1 atom stereocenters. The molecule has 1 rings (SSSR count). The number of hydrogen-bond donors (Lipinski definition) is 1. The van der Waals surface area contributed by atoms with Gasteiger partial charge in [0.05, 0.1) is 6.04 Å². The molecule has 1 N–H and O–H groups in total. The number of imidazole rings is 1. The largest absolute Gasteiger partial charge is 0.337 e. The van der Waals surface area contributed by atoms with Gasteiger partial charge in [0.2, 0.25) is 0 Å². The van der Waals surface area contributed by atoms with E-state index in [1.54, 1.807) is 18.5 Å². The van der Waals surface area contributed by atoms with Crippen molar-refractivity contribution in [1.82, 2.24) is 14.3 Å². The fourth-order valence-electron chi connectivity index (χ4n) is 1.14. The van der Waals surface area contributed by atoms with Crippen LogP contribution < -0.4 is 4.72 Å². The average molecular weight is 241 g/mol. The van der Waals surface area contributed by atoms with Crippen molar-refractivity contribution in [3.8, 4) is 12.3 Å². The molecule has 0 aliphatic carbocycles. The van der Waals surface area contributed by atoms with Crippen molar-refractivity contribution in [2.24, 2.45) is 7.05 Å². The molecular formula is C10H15N3O2S. The van der Waals surface area contributed by atoms with E-state index in [1.165, 1.54) is 6.20 Å². The topological polar surface area (TPSA) is 64.0 Å². The van der Waals surface area contributed by atoms with E-state index in [0.29, 0.717) is 12.2 Å². The smallest absolute Gasteiger partial charge is 0.260 e. The number of nitrogens with one attached hydrogen (secondary N) is 1. The summed E-state index contributed by atoms with van der Waals surface area (Å²) < 4.78 is 27.7. The first-order valence-electron chi connectivity index (χ1n) is 4.89. The zero-order valence-electron chi connectivity index (χ0n) is 9.56. The quantitative estimate of drug-likeness (QED) is 0.777. The predicted octanol–water partition coefficient (Wildman–Crippen LogP) is 0.419. The molecule has 0 aromatic carbocycles. The van der Waals surface area contributed by atoms with Crippen molar-refractivity contribution >= 4 is 10.0 Å². The summed E-state index contributed by atoms with van der Waals surface area (Å²) in [5.41, 5.74) is 0. The molecule has 88 valence electrons. The number of sulfonamides is 1. The van der Waals surface area contributed by atoms with Gasteiger partial charge in [0.15, 0.2) is 5.03 Å². The van der Waals surface area contributed by atoms with Gasteiger partial charge in [0, 0.05) is 13.2 Å². The summed E-state index contributed by atoms with van der Waals surface area (Å²) in [5, 5.41) is 0.00111. The Bertz CT molecular complexity index is 491. The van der Waals surface area contributed by atoms with E-state index in [9.17, 15) is 8.42 Å². The number of rotatable bonds is 4. The van der Waals surface area contributed by atoms with E-state index < -0.39 is 16.1 Å². The van der Waals surface area contributed by atoms with Crippen molar-refractivity contribution in [3.63, 3.8) is 0 Å². The lowest BCUT2D eigenvalue weighted by Gasteiger charge is -2.09. The molecule has 1 unspecified atom stereocenters. The number of terminal acetylenes is 1. The van der Waals surface area contributed by atoms with Gasteiger partial charge in [-0.05, 0) is 13.3 Å². The first kappa shape index (κ1) is 12.7. The van der Waals surface area contributed by atoms with Gasteiger partial charge < -0.3 is 4.57 Å². The summed E-state index contributed by atoms with van der Waals surface area (Å²) >= 11 is 0. The van der Waals surface area contributed by atoms with Crippen molar-refractivity contribution in [3.05, 3.63) is 12.0 Å². The van der Waals surface area contributed by atoms with Gasteiger partial charge in [-0.1, -0.05) is 12.8 Å². The van der Waals surface area contributed by atoms with E-state index in [1.807, 2.05) is 6.92 Å². The minimum atomic E-state index is -3.61. The first-order chi connectivity index (χ1) is 7.40. The molecule has 5 nitrogen and oxygen atoms in total. The van der Waals surface area contributed by atoms with Crippen molar-refractivity contribution < 1.29 is 8.42 Å². The highest BCUT2D eigenvalue weighted by atomic mass is 32.2. The van der Waals surface area contributed by atoms with Gasteiger partial charge in [-0.25, -0.2) is 13.4 Å². The molecule has 0 amide bonds. The van der Waals surface area contributed by atoms with Crippen LogP contribution in [0.1, 0.15) is 19.2 Å². The molecule has 0 aliphatic heterocycles. The highest BCUT2D eigenvalue weighted by Crippen LogP contribution is 2.08. The summed E-state index contributed by atoms with van der Waals surface area (Å²) in [7, 11) is -1.87. The second-order valence-corrected chi connectivity index (χ2v) is 5.15. The summed E-state index contributed by atoms with van der Waals surface area (Å²) in [5.74, 6) is 3.01. The Morgan fingerprint density at radius 3 is 2.69 bits per heavy atom. The molecule has 0 saturated carbocycles. The highest BCUT2D eigenvalue weighted by molar-refractivity contribution is 7.89. The summed E-state index contributed by atoms with van der Waals surface area (Å²) in [6, 6.07) is -0.493. The maximum atomic E-state index is 11.8. The lowest BCUT2D eigenvalue weighted by Crippen LogP contribution is -2.33. The van der Waals surface area contributed by atoms with E-state index in [0.717, 1.165) is 0 Å². The molecule has 0 bridgehead atoms. The molecule has 0 fully saturated rings.